The van der Waals surface area contributed by atoms with E-state index in [1.54, 1.807) is 35.5 Å². The molecule has 0 bridgehead atoms. The molecular formula is C25H30F2N6O2. The van der Waals surface area contributed by atoms with Crippen LogP contribution in [-0.4, -0.2) is 77.1 Å². The lowest BCUT2D eigenvalue weighted by Crippen LogP contribution is -2.45. The van der Waals surface area contributed by atoms with E-state index in [-0.39, 0.29) is 24.9 Å². The minimum absolute atomic E-state index is 0.0739. The van der Waals surface area contributed by atoms with Gasteiger partial charge in [-0.15, -0.1) is 0 Å². The number of ether oxygens (including phenoxy) is 1. The molecule has 0 aliphatic carbocycles. The minimum Gasteiger partial charge on any atom is -0.492 e. The van der Waals surface area contributed by atoms with Crippen molar-refractivity contribution in [3.05, 3.63) is 47.9 Å². The summed E-state index contributed by atoms with van der Waals surface area (Å²) in [4.78, 5) is 28.8. The van der Waals surface area contributed by atoms with Gasteiger partial charge < -0.3 is 19.9 Å². The third-order valence-electron chi connectivity index (χ3n) is 6.80. The maximum absolute atomic E-state index is 13.3. The number of rotatable bonds is 7. The monoisotopic (exact) mass is 484 g/mol. The number of benzene rings is 1. The number of anilines is 1. The summed E-state index contributed by atoms with van der Waals surface area (Å²) >= 11 is 0. The van der Waals surface area contributed by atoms with Crippen molar-refractivity contribution in [3.63, 3.8) is 0 Å². The van der Waals surface area contributed by atoms with Gasteiger partial charge in [0.25, 0.3) is 11.8 Å². The Hall–Kier alpha value is -3.27. The van der Waals surface area contributed by atoms with Crippen molar-refractivity contribution in [3.8, 4) is 5.75 Å². The van der Waals surface area contributed by atoms with Gasteiger partial charge in [0.15, 0.2) is 0 Å². The van der Waals surface area contributed by atoms with E-state index in [0.29, 0.717) is 31.0 Å². The van der Waals surface area contributed by atoms with Gasteiger partial charge in [0, 0.05) is 50.4 Å². The lowest BCUT2D eigenvalue weighted by molar-refractivity contribution is 0.0112. The summed E-state index contributed by atoms with van der Waals surface area (Å²) in [6, 6.07) is 7.08. The van der Waals surface area contributed by atoms with E-state index in [1.807, 2.05) is 13.1 Å². The predicted octanol–water partition coefficient (Wildman–Crippen LogP) is 3.38. The smallest absolute Gasteiger partial charge is 0.261 e. The zero-order chi connectivity index (χ0) is 24.4. The normalized spacial score (nSPS) is 18.8. The number of likely N-dealkylation sites (tertiary alicyclic amines) is 1. The number of carbonyl (C=O) groups excluding carboxylic acids is 1. The van der Waals surface area contributed by atoms with Crippen LogP contribution >= 0.6 is 0 Å². The largest absolute Gasteiger partial charge is 0.492 e. The maximum atomic E-state index is 13.3. The topological polar surface area (TPSA) is 86.4 Å². The molecule has 2 aliphatic rings. The van der Waals surface area contributed by atoms with E-state index in [9.17, 15) is 13.6 Å². The molecule has 0 saturated carbocycles. The Morgan fingerprint density at radius 2 is 2.09 bits per heavy atom. The Labute approximate surface area is 202 Å². The van der Waals surface area contributed by atoms with Crippen LogP contribution in [0.2, 0.25) is 0 Å². The Balaban J connectivity index is 1.12. The van der Waals surface area contributed by atoms with Crippen LogP contribution in [0.4, 0.5) is 14.6 Å². The summed E-state index contributed by atoms with van der Waals surface area (Å²) in [5, 5.41) is 4.18. The van der Waals surface area contributed by atoms with Crippen molar-refractivity contribution in [1.29, 1.82) is 0 Å². The number of nitrogens with zero attached hydrogens (tertiary/aromatic N) is 4. The highest BCUT2D eigenvalue weighted by atomic mass is 19.3. The van der Waals surface area contributed by atoms with Gasteiger partial charge in [-0.1, -0.05) is 6.07 Å². The second kappa shape index (κ2) is 9.77. The fourth-order valence-electron chi connectivity index (χ4n) is 4.86. The SMILES string of the molecule is Cc1c[nH]c2ncnc(N3CCC(NC(=O)c4cccc(OCCN5CCC(F)(F)C5)c4)CC3)c12. The average Bonchev–Trinajstić information content (AvgIpc) is 3.41. The van der Waals surface area contributed by atoms with Crippen LogP contribution in [-0.2, 0) is 0 Å². The summed E-state index contributed by atoms with van der Waals surface area (Å²) in [7, 11) is 0. The first-order valence-corrected chi connectivity index (χ1v) is 12.1. The fourth-order valence-corrected chi connectivity index (χ4v) is 4.86. The number of nitrogens with one attached hydrogen (secondary N) is 2. The number of aryl methyl sites for hydroxylation is 1. The zero-order valence-corrected chi connectivity index (χ0v) is 19.8. The van der Waals surface area contributed by atoms with Crippen molar-refractivity contribution in [2.24, 2.45) is 0 Å². The van der Waals surface area contributed by atoms with Crippen LogP contribution < -0.4 is 15.0 Å². The Morgan fingerprint density at radius 3 is 2.86 bits per heavy atom. The van der Waals surface area contributed by atoms with E-state index in [0.717, 1.165) is 48.3 Å². The number of H-pyrrole nitrogens is 1. The number of halogens is 2. The third-order valence-corrected chi connectivity index (χ3v) is 6.80. The number of hydrogen-bond donors (Lipinski definition) is 2. The van der Waals surface area contributed by atoms with E-state index >= 15 is 0 Å². The van der Waals surface area contributed by atoms with Gasteiger partial charge in [-0.25, -0.2) is 18.7 Å². The molecule has 2 aliphatic heterocycles. The van der Waals surface area contributed by atoms with Crippen molar-refractivity contribution in [2.75, 3.05) is 44.2 Å². The highest BCUT2D eigenvalue weighted by Gasteiger charge is 2.37. The number of carbonyl (C=O) groups is 1. The molecule has 0 atom stereocenters. The molecule has 3 aromatic rings. The first kappa shape index (κ1) is 23.5. The first-order valence-electron chi connectivity index (χ1n) is 12.1. The lowest BCUT2D eigenvalue weighted by Gasteiger charge is -2.33. The number of amides is 1. The van der Waals surface area contributed by atoms with E-state index < -0.39 is 5.92 Å². The molecule has 2 aromatic heterocycles. The molecule has 2 N–H and O–H groups in total. The number of fused-ring (bicyclic) bond motifs is 1. The zero-order valence-electron chi connectivity index (χ0n) is 19.8. The summed E-state index contributed by atoms with van der Waals surface area (Å²) in [6.45, 7) is 4.53. The van der Waals surface area contributed by atoms with Crippen LogP contribution in [0.25, 0.3) is 11.0 Å². The number of aromatic nitrogens is 3. The van der Waals surface area contributed by atoms with Crippen LogP contribution in [0, 0.1) is 6.92 Å². The molecule has 5 rings (SSSR count). The molecule has 0 spiro atoms. The number of alkyl halides is 2. The second-order valence-corrected chi connectivity index (χ2v) is 9.39. The predicted molar refractivity (Wildman–Crippen MR) is 129 cm³/mol. The van der Waals surface area contributed by atoms with Gasteiger partial charge in [0.05, 0.1) is 11.9 Å². The van der Waals surface area contributed by atoms with Crippen molar-refractivity contribution in [2.45, 2.75) is 38.2 Å². The third kappa shape index (κ3) is 5.37. The standard InChI is InChI=1S/C25H30F2N6O2/c1-17-14-28-22-21(17)23(30-16-29-22)33-8-5-19(6-9-33)31-24(34)18-3-2-4-20(13-18)35-12-11-32-10-7-25(26,27)15-32/h2-4,13-14,16,19H,5-12,15H2,1H3,(H,31,34)(H,28,29,30). The van der Waals surface area contributed by atoms with Crippen LogP contribution in [0.3, 0.4) is 0 Å². The molecule has 10 heteroatoms. The highest BCUT2D eigenvalue weighted by Crippen LogP contribution is 2.28. The van der Waals surface area contributed by atoms with Gasteiger partial charge in [0.1, 0.15) is 30.1 Å². The molecule has 8 nitrogen and oxygen atoms in total. The highest BCUT2D eigenvalue weighted by molar-refractivity contribution is 5.95. The maximum Gasteiger partial charge on any atom is 0.261 e. The summed E-state index contributed by atoms with van der Waals surface area (Å²) in [5.41, 5.74) is 2.48. The van der Waals surface area contributed by atoms with Crippen molar-refractivity contribution >= 4 is 22.8 Å². The molecular weight excluding hydrogens is 454 g/mol. The second-order valence-electron chi connectivity index (χ2n) is 9.39. The number of hydrogen-bond acceptors (Lipinski definition) is 6. The van der Waals surface area contributed by atoms with E-state index in [1.165, 1.54) is 0 Å². The van der Waals surface area contributed by atoms with Crippen molar-refractivity contribution < 1.29 is 18.3 Å². The van der Waals surface area contributed by atoms with Crippen LogP contribution in [0.1, 0.15) is 35.2 Å². The fraction of sp³-hybridized carbons (Fsp3) is 0.480. The molecule has 2 fully saturated rings. The Kier molecular flexibility index (Phi) is 6.55. The summed E-state index contributed by atoms with van der Waals surface area (Å²) in [5.74, 6) is -1.25. The Bertz CT molecular complexity index is 1190. The summed E-state index contributed by atoms with van der Waals surface area (Å²) < 4.78 is 32.4. The van der Waals surface area contributed by atoms with Gasteiger partial charge in [-0.05, 0) is 43.5 Å². The van der Waals surface area contributed by atoms with Crippen LogP contribution in [0.5, 0.6) is 5.75 Å². The molecule has 4 heterocycles. The molecule has 2 saturated heterocycles. The quantitative estimate of drug-likeness (QED) is 0.535. The summed E-state index contributed by atoms with van der Waals surface area (Å²) in [6.07, 6.45) is 5.06. The molecule has 1 aromatic carbocycles. The van der Waals surface area contributed by atoms with Crippen LogP contribution in [0.15, 0.2) is 36.8 Å². The molecule has 0 unspecified atom stereocenters. The van der Waals surface area contributed by atoms with Gasteiger partial charge in [-0.2, -0.15) is 0 Å². The van der Waals surface area contributed by atoms with Crippen molar-refractivity contribution in [1.82, 2.24) is 25.2 Å². The Morgan fingerprint density at radius 1 is 1.26 bits per heavy atom. The van der Waals surface area contributed by atoms with E-state index in [4.69, 9.17) is 4.74 Å². The van der Waals surface area contributed by atoms with Gasteiger partial charge >= 0.3 is 0 Å². The number of piperidine rings is 1. The van der Waals surface area contributed by atoms with E-state index in [2.05, 4.69) is 25.2 Å². The molecule has 0 radical (unpaired) electrons. The lowest BCUT2D eigenvalue weighted by atomic mass is 10.0. The molecule has 186 valence electrons. The van der Waals surface area contributed by atoms with Gasteiger partial charge in [0.2, 0.25) is 0 Å². The van der Waals surface area contributed by atoms with Gasteiger partial charge in [-0.3, -0.25) is 9.69 Å². The molecule has 35 heavy (non-hydrogen) atoms. The average molecular weight is 485 g/mol. The molecule has 1 amide bonds. The minimum atomic E-state index is -2.60. The number of aromatic amines is 1. The first-order chi connectivity index (χ1) is 16.9.